The first-order chi connectivity index (χ1) is 7.99. The zero-order valence-electron chi connectivity index (χ0n) is 8.29. The molecule has 1 aromatic carbocycles. The highest BCUT2D eigenvalue weighted by molar-refractivity contribution is 7.93. The van der Waals surface area contributed by atoms with Crippen molar-refractivity contribution in [1.82, 2.24) is 10.2 Å². The van der Waals surface area contributed by atoms with E-state index in [4.69, 9.17) is 5.73 Å². The second-order valence-electron chi connectivity index (χ2n) is 3.03. The summed E-state index contributed by atoms with van der Waals surface area (Å²) in [6.45, 7) is 0. The molecule has 0 unspecified atom stereocenters. The minimum atomic E-state index is -3.81. The Morgan fingerprint density at radius 1 is 1.41 bits per heavy atom. The first kappa shape index (κ1) is 11.7. The van der Waals surface area contributed by atoms with Gasteiger partial charge in [-0.25, -0.2) is 12.8 Å². The summed E-state index contributed by atoms with van der Waals surface area (Å²) in [4.78, 5) is -0.133. The van der Waals surface area contributed by atoms with Gasteiger partial charge in [-0.1, -0.05) is 11.3 Å². The molecule has 0 saturated carbocycles. The summed E-state index contributed by atoms with van der Waals surface area (Å²) in [5.74, 6) is -0.667. The van der Waals surface area contributed by atoms with E-state index in [0.717, 1.165) is 29.5 Å². The van der Waals surface area contributed by atoms with E-state index in [2.05, 4.69) is 14.9 Å². The molecule has 9 heteroatoms. The molecule has 0 spiro atoms. The number of nitrogens with one attached hydrogen (secondary N) is 1. The number of sulfonamides is 1. The standard InChI is InChI=1S/C8H7FN4O2S2/c9-6-2-1-5(3-7(6)10)17(14,15)13-8-12-11-4-16-8/h1-4H,10H2,(H,12,13). The lowest BCUT2D eigenvalue weighted by atomic mass is 10.3. The Morgan fingerprint density at radius 3 is 2.76 bits per heavy atom. The van der Waals surface area contributed by atoms with Crippen LogP contribution in [-0.2, 0) is 10.0 Å². The lowest BCUT2D eigenvalue weighted by Gasteiger charge is -2.05. The number of aromatic nitrogens is 2. The van der Waals surface area contributed by atoms with Crippen molar-refractivity contribution in [2.24, 2.45) is 0 Å². The number of nitrogen functional groups attached to an aromatic ring is 1. The summed E-state index contributed by atoms with van der Waals surface area (Å²) >= 11 is 1.03. The van der Waals surface area contributed by atoms with Crippen molar-refractivity contribution in [3.05, 3.63) is 29.5 Å². The zero-order chi connectivity index (χ0) is 12.5. The number of nitrogens with two attached hydrogens (primary N) is 1. The third-order valence-electron chi connectivity index (χ3n) is 1.86. The van der Waals surface area contributed by atoms with Crippen LogP contribution in [0.3, 0.4) is 0 Å². The number of anilines is 2. The molecule has 17 heavy (non-hydrogen) atoms. The van der Waals surface area contributed by atoms with Crippen molar-refractivity contribution in [2.75, 3.05) is 10.5 Å². The molecule has 0 radical (unpaired) electrons. The number of benzene rings is 1. The maximum Gasteiger partial charge on any atom is 0.263 e. The van der Waals surface area contributed by atoms with Crippen LogP contribution in [0.5, 0.6) is 0 Å². The van der Waals surface area contributed by atoms with Gasteiger partial charge < -0.3 is 5.73 Å². The van der Waals surface area contributed by atoms with E-state index in [1.54, 1.807) is 0 Å². The Labute approximate surface area is 100 Å². The molecule has 1 heterocycles. The summed E-state index contributed by atoms with van der Waals surface area (Å²) in [5, 5.41) is 7.16. The van der Waals surface area contributed by atoms with Gasteiger partial charge in [0.15, 0.2) is 0 Å². The van der Waals surface area contributed by atoms with Crippen LogP contribution in [0.2, 0.25) is 0 Å². The van der Waals surface area contributed by atoms with Crippen molar-refractivity contribution >= 4 is 32.2 Å². The van der Waals surface area contributed by atoms with Gasteiger partial charge >= 0.3 is 0 Å². The van der Waals surface area contributed by atoms with E-state index in [9.17, 15) is 12.8 Å². The van der Waals surface area contributed by atoms with Crippen LogP contribution in [0.15, 0.2) is 28.6 Å². The van der Waals surface area contributed by atoms with Crippen LogP contribution < -0.4 is 10.5 Å². The minimum Gasteiger partial charge on any atom is -0.396 e. The van der Waals surface area contributed by atoms with Crippen molar-refractivity contribution in [1.29, 1.82) is 0 Å². The van der Waals surface area contributed by atoms with Gasteiger partial charge in [0.2, 0.25) is 5.13 Å². The van der Waals surface area contributed by atoms with E-state index in [1.165, 1.54) is 5.51 Å². The number of halogens is 1. The lowest BCUT2D eigenvalue weighted by molar-refractivity contribution is 0.600. The molecule has 0 saturated heterocycles. The van der Waals surface area contributed by atoms with Crippen LogP contribution in [0.25, 0.3) is 0 Å². The quantitative estimate of drug-likeness (QED) is 0.815. The molecule has 1 aromatic heterocycles. The molecular formula is C8H7FN4O2S2. The minimum absolute atomic E-state index is 0.132. The molecule has 0 aliphatic rings. The average Bonchev–Trinajstić information content (AvgIpc) is 2.73. The smallest absolute Gasteiger partial charge is 0.263 e. The molecule has 6 nitrogen and oxygen atoms in total. The van der Waals surface area contributed by atoms with Crippen LogP contribution in [0.4, 0.5) is 15.2 Å². The molecule has 0 amide bonds. The summed E-state index contributed by atoms with van der Waals surface area (Å²) < 4.78 is 38.7. The Morgan fingerprint density at radius 2 is 2.18 bits per heavy atom. The first-order valence-corrected chi connectivity index (χ1v) is 6.69. The highest BCUT2D eigenvalue weighted by Gasteiger charge is 2.16. The Hall–Kier alpha value is -1.74. The molecule has 0 aliphatic heterocycles. The second-order valence-corrected chi connectivity index (χ2v) is 5.55. The lowest BCUT2D eigenvalue weighted by Crippen LogP contribution is -2.13. The predicted octanol–water partition coefficient (Wildman–Crippen LogP) is 1.06. The number of hydrogen-bond donors (Lipinski definition) is 2. The van der Waals surface area contributed by atoms with Crippen molar-refractivity contribution < 1.29 is 12.8 Å². The van der Waals surface area contributed by atoms with Crippen LogP contribution in [0, 0.1) is 5.82 Å². The van der Waals surface area contributed by atoms with Crippen molar-refractivity contribution in [3.63, 3.8) is 0 Å². The Bertz CT molecular complexity index is 627. The van der Waals surface area contributed by atoms with Gasteiger partial charge in [0, 0.05) is 0 Å². The van der Waals surface area contributed by atoms with Crippen LogP contribution in [0.1, 0.15) is 0 Å². The van der Waals surface area contributed by atoms with E-state index in [1.807, 2.05) is 0 Å². The van der Waals surface area contributed by atoms with E-state index in [0.29, 0.717) is 0 Å². The average molecular weight is 274 g/mol. The van der Waals surface area contributed by atoms with Crippen LogP contribution in [-0.4, -0.2) is 18.6 Å². The van der Waals surface area contributed by atoms with E-state index >= 15 is 0 Å². The highest BCUT2D eigenvalue weighted by Crippen LogP contribution is 2.20. The molecular weight excluding hydrogens is 267 g/mol. The fourth-order valence-corrected chi connectivity index (χ4v) is 2.81. The van der Waals surface area contributed by atoms with Gasteiger partial charge in [-0.3, -0.25) is 4.72 Å². The molecule has 90 valence electrons. The molecule has 0 atom stereocenters. The summed E-state index contributed by atoms with van der Waals surface area (Å²) in [6.07, 6.45) is 0. The molecule has 3 N–H and O–H groups in total. The maximum atomic E-state index is 12.9. The van der Waals surface area contributed by atoms with Gasteiger partial charge in [0.05, 0.1) is 10.6 Å². The predicted molar refractivity (Wildman–Crippen MR) is 61.5 cm³/mol. The fourth-order valence-electron chi connectivity index (χ4n) is 1.08. The Kier molecular flexibility index (Phi) is 2.94. The first-order valence-electron chi connectivity index (χ1n) is 4.33. The summed E-state index contributed by atoms with van der Waals surface area (Å²) in [6, 6.07) is 3.15. The van der Waals surface area contributed by atoms with Gasteiger partial charge in [-0.2, -0.15) is 0 Å². The largest absolute Gasteiger partial charge is 0.396 e. The van der Waals surface area contributed by atoms with Crippen molar-refractivity contribution in [3.8, 4) is 0 Å². The molecule has 0 fully saturated rings. The topological polar surface area (TPSA) is 98.0 Å². The third kappa shape index (κ3) is 2.50. The maximum absolute atomic E-state index is 12.9. The highest BCUT2D eigenvalue weighted by atomic mass is 32.2. The second kappa shape index (κ2) is 4.26. The van der Waals surface area contributed by atoms with E-state index in [-0.39, 0.29) is 15.7 Å². The van der Waals surface area contributed by atoms with Gasteiger partial charge in [0.1, 0.15) is 11.3 Å². The molecule has 0 aliphatic carbocycles. The molecule has 0 bridgehead atoms. The SMILES string of the molecule is Nc1cc(S(=O)(=O)Nc2nncs2)ccc1F. The number of nitrogens with zero attached hydrogens (tertiary/aromatic N) is 2. The number of rotatable bonds is 3. The van der Waals surface area contributed by atoms with E-state index < -0.39 is 15.8 Å². The normalized spacial score (nSPS) is 11.4. The zero-order valence-corrected chi connectivity index (χ0v) is 9.93. The summed E-state index contributed by atoms with van der Waals surface area (Å²) in [7, 11) is -3.81. The van der Waals surface area contributed by atoms with Gasteiger partial charge in [0.25, 0.3) is 10.0 Å². The van der Waals surface area contributed by atoms with Crippen LogP contribution >= 0.6 is 11.3 Å². The van der Waals surface area contributed by atoms with Gasteiger partial charge in [-0.05, 0) is 18.2 Å². The molecule has 2 aromatic rings. The monoisotopic (exact) mass is 274 g/mol. The summed E-state index contributed by atoms with van der Waals surface area (Å²) in [5.41, 5.74) is 6.45. The van der Waals surface area contributed by atoms with Gasteiger partial charge in [-0.15, -0.1) is 10.2 Å². The third-order valence-corrected chi connectivity index (χ3v) is 3.93. The fraction of sp³-hybridized carbons (Fsp3) is 0. The number of hydrogen-bond acceptors (Lipinski definition) is 6. The Balaban J connectivity index is 2.35. The molecule has 2 rings (SSSR count). The van der Waals surface area contributed by atoms with Crippen molar-refractivity contribution in [2.45, 2.75) is 4.90 Å².